The Hall–Kier alpha value is -0.650. The number of thiazole rings is 1. The van der Waals surface area contributed by atoms with E-state index < -0.39 is 0 Å². The number of nitrogens with one attached hydrogen (secondary N) is 1. The first kappa shape index (κ1) is 12.8. The largest absolute Gasteiger partial charge is 0.378 e. The smallest absolute Gasteiger partial charge is 0.125 e. The lowest BCUT2D eigenvalue weighted by Crippen LogP contribution is -2.01. The summed E-state index contributed by atoms with van der Waals surface area (Å²) in [7, 11) is 0. The third-order valence-corrected chi connectivity index (χ3v) is 4.14. The van der Waals surface area contributed by atoms with Gasteiger partial charge in [-0.1, -0.05) is 11.6 Å². The topological polar surface area (TPSA) is 24.9 Å². The molecule has 0 aliphatic heterocycles. The van der Waals surface area contributed by atoms with Gasteiger partial charge in [0.05, 0.1) is 28.5 Å². The Labute approximate surface area is 116 Å². The van der Waals surface area contributed by atoms with Crippen LogP contribution < -0.4 is 5.32 Å². The van der Waals surface area contributed by atoms with E-state index in [1.54, 1.807) is 16.8 Å². The highest BCUT2D eigenvalue weighted by molar-refractivity contribution is 9.10. The van der Waals surface area contributed by atoms with Gasteiger partial charge in [0.2, 0.25) is 0 Å². The van der Waals surface area contributed by atoms with E-state index in [0.29, 0.717) is 21.7 Å². The van der Waals surface area contributed by atoms with Crippen LogP contribution in [0.5, 0.6) is 0 Å². The van der Waals surface area contributed by atoms with Gasteiger partial charge < -0.3 is 5.32 Å². The maximum Gasteiger partial charge on any atom is 0.125 e. The lowest BCUT2D eigenvalue weighted by molar-refractivity contribution is 0.627. The maximum absolute atomic E-state index is 13.0. The average Bonchev–Trinajstić information content (AvgIpc) is 2.62. The molecule has 0 amide bonds. The van der Waals surface area contributed by atoms with Crippen molar-refractivity contribution in [3.05, 3.63) is 43.5 Å². The Bertz CT molecular complexity index is 521. The highest BCUT2D eigenvalue weighted by Gasteiger charge is 2.09. The predicted molar refractivity (Wildman–Crippen MR) is 73.3 cm³/mol. The third kappa shape index (κ3) is 2.97. The minimum Gasteiger partial charge on any atom is -0.378 e. The van der Waals surface area contributed by atoms with Crippen molar-refractivity contribution in [3.8, 4) is 0 Å². The molecule has 0 atom stereocenters. The third-order valence-electron chi connectivity index (χ3n) is 2.28. The molecule has 17 heavy (non-hydrogen) atoms. The first-order valence-electron chi connectivity index (χ1n) is 4.85. The number of hydrogen-bond donors (Lipinski definition) is 1. The van der Waals surface area contributed by atoms with E-state index in [1.165, 1.54) is 12.1 Å². The molecule has 1 aromatic carbocycles. The summed E-state index contributed by atoms with van der Waals surface area (Å²) in [5.74, 6) is -0.360. The highest BCUT2D eigenvalue weighted by atomic mass is 79.9. The van der Waals surface area contributed by atoms with Gasteiger partial charge in [0, 0.05) is 9.35 Å². The Kier molecular flexibility index (Phi) is 4.01. The van der Waals surface area contributed by atoms with E-state index in [9.17, 15) is 4.39 Å². The van der Waals surface area contributed by atoms with Crippen molar-refractivity contribution >= 4 is 44.6 Å². The van der Waals surface area contributed by atoms with Gasteiger partial charge in [0.1, 0.15) is 5.82 Å². The molecule has 2 rings (SSSR count). The van der Waals surface area contributed by atoms with Crippen LogP contribution in [0.15, 0.2) is 22.1 Å². The number of aryl methyl sites for hydroxylation is 1. The fraction of sp³-hybridized carbons (Fsp3) is 0.182. The zero-order valence-electron chi connectivity index (χ0n) is 8.93. The van der Waals surface area contributed by atoms with Crippen molar-refractivity contribution in [2.75, 3.05) is 5.32 Å². The summed E-state index contributed by atoms with van der Waals surface area (Å²) < 4.78 is 13.7. The van der Waals surface area contributed by atoms with Crippen LogP contribution in [0.2, 0.25) is 5.02 Å². The van der Waals surface area contributed by atoms with Gasteiger partial charge in [-0.2, -0.15) is 0 Å². The van der Waals surface area contributed by atoms with Crippen LogP contribution in [0.3, 0.4) is 0 Å². The normalized spacial score (nSPS) is 10.6. The molecular weight excluding hydrogens is 327 g/mol. The molecule has 2 nitrogen and oxygen atoms in total. The molecule has 0 aliphatic carbocycles. The molecule has 90 valence electrons. The van der Waals surface area contributed by atoms with Crippen LogP contribution in [0.1, 0.15) is 10.6 Å². The van der Waals surface area contributed by atoms with E-state index in [0.717, 1.165) is 10.6 Å². The summed E-state index contributed by atoms with van der Waals surface area (Å²) in [4.78, 5) is 5.30. The molecule has 6 heteroatoms. The lowest BCUT2D eigenvalue weighted by atomic mass is 10.3. The average molecular weight is 336 g/mol. The van der Waals surface area contributed by atoms with E-state index in [1.807, 2.05) is 6.92 Å². The molecule has 0 bridgehead atoms. The second-order valence-electron chi connectivity index (χ2n) is 3.46. The van der Waals surface area contributed by atoms with E-state index in [4.69, 9.17) is 11.6 Å². The van der Waals surface area contributed by atoms with Crippen molar-refractivity contribution < 1.29 is 4.39 Å². The summed E-state index contributed by atoms with van der Waals surface area (Å²) in [6.07, 6.45) is 0. The fourth-order valence-electron chi connectivity index (χ4n) is 1.38. The number of hydrogen-bond acceptors (Lipinski definition) is 3. The fourth-order valence-corrected chi connectivity index (χ4v) is 3.05. The van der Waals surface area contributed by atoms with Gasteiger partial charge in [-0.25, -0.2) is 9.37 Å². The molecule has 2 aromatic rings. The Morgan fingerprint density at radius 3 is 2.88 bits per heavy atom. The second kappa shape index (κ2) is 5.33. The van der Waals surface area contributed by atoms with Gasteiger partial charge in [0.25, 0.3) is 0 Å². The number of benzene rings is 1. The summed E-state index contributed by atoms with van der Waals surface area (Å²) in [6, 6.07) is 2.67. The van der Waals surface area contributed by atoms with Crippen LogP contribution in [-0.2, 0) is 6.54 Å². The molecule has 1 aromatic heterocycles. The molecule has 0 saturated heterocycles. The Morgan fingerprint density at radius 1 is 1.53 bits per heavy atom. The summed E-state index contributed by atoms with van der Waals surface area (Å²) >= 11 is 10.8. The Balaban J connectivity index is 2.17. The quantitative estimate of drug-likeness (QED) is 0.885. The van der Waals surface area contributed by atoms with E-state index >= 15 is 0 Å². The van der Waals surface area contributed by atoms with Gasteiger partial charge in [-0.05, 0) is 35.0 Å². The summed E-state index contributed by atoms with van der Waals surface area (Å²) in [6.45, 7) is 2.58. The zero-order valence-corrected chi connectivity index (χ0v) is 12.1. The monoisotopic (exact) mass is 334 g/mol. The zero-order chi connectivity index (χ0) is 12.4. The molecule has 0 radical (unpaired) electrons. The number of halogens is 3. The van der Waals surface area contributed by atoms with Crippen molar-refractivity contribution in [1.29, 1.82) is 0 Å². The van der Waals surface area contributed by atoms with E-state index in [-0.39, 0.29) is 5.82 Å². The maximum atomic E-state index is 13.0. The number of aromatic nitrogens is 1. The second-order valence-corrected chi connectivity index (χ2v) is 5.66. The van der Waals surface area contributed by atoms with Crippen LogP contribution in [0, 0.1) is 12.7 Å². The van der Waals surface area contributed by atoms with Gasteiger partial charge >= 0.3 is 0 Å². The van der Waals surface area contributed by atoms with Crippen LogP contribution in [0.4, 0.5) is 10.1 Å². The Morgan fingerprint density at radius 2 is 2.29 bits per heavy atom. The van der Waals surface area contributed by atoms with Gasteiger partial charge in [-0.15, -0.1) is 11.3 Å². The summed E-state index contributed by atoms with van der Waals surface area (Å²) in [5, 5.41) is 3.54. The van der Waals surface area contributed by atoms with Gasteiger partial charge in [-0.3, -0.25) is 0 Å². The SMILES string of the molecule is Cc1ncsc1CNc1c(Cl)cc(F)cc1Br. The molecule has 0 aliphatic rings. The minimum atomic E-state index is -0.360. The molecule has 0 unspecified atom stereocenters. The van der Waals surface area contributed by atoms with Crippen molar-refractivity contribution in [1.82, 2.24) is 4.98 Å². The molecule has 0 spiro atoms. The molecule has 1 heterocycles. The minimum absolute atomic E-state index is 0.360. The first-order chi connectivity index (χ1) is 8.08. The highest BCUT2D eigenvalue weighted by Crippen LogP contribution is 2.32. The molecule has 0 fully saturated rings. The van der Waals surface area contributed by atoms with Crippen LogP contribution in [0.25, 0.3) is 0 Å². The molecular formula is C11H9BrClFN2S. The molecule has 0 saturated carbocycles. The van der Waals surface area contributed by atoms with Gasteiger partial charge in [0.15, 0.2) is 0 Å². The number of anilines is 1. The van der Waals surface area contributed by atoms with Crippen molar-refractivity contribution in [2.45, 2.75) is 13.5 Å². The van der Waals surface area contributed by atoms with Crippen LogP contribution in [-0.4, -0.2) is 4.98 Å². The lowest BCUT2D eigenvalue weighted by Gasteiger charge is -2.10. The number of nitrogens with zero attached hydrogens (tertiary/aromatic N) is 1. The van der Waals surface area contributed by atoms with E-state index in [2.05, 4.69) is 26.2 Å². The predicted octanol–water partition coefficient (Wildman–Crippen LogP) is 4.62. The van der Waals surface area contributed by atoms with Crippen LogP contribution >= 0.6 is 38.9 Å². The standard InChI is InChI=1S/C11H9BrClFN2S/c1-6-10(17-5-16-6)4-15-11-8(12)2-7(14)3-9(11)13/h2-3,5,15H,4H2,1H3. The first-order valence-corrected chi connectivity index (χ1v) is 6.90. The summed E-state index contributed by atoms with van der Waals surface area (Å²) in [5.41, 5.74) is 3.49. The van der Waals surface area contributed by atoms with Crippen molar-refractivity contribution in [2.24, 2.45) is 0 Å². The van der Waals surface area contributed by atoms with Crippen molar-refractivity contribution in [3.63, 3.8) is 0 Å². The number of rotatable bonds is 3. The molecule has 1 N–H and O–H groups in total.